The van der Waals surface area contributed by atoms with E-state index in [4.69, 9.17) is 19.2 Å². The summed E-state index contributed by atoms with van der Waals surface area (Å²) in [5.41, 5.74) is 1.13. The molecule has 164 valence electrons. The monoisotopic (exact) mass is 431 g/mol. The number of hydrogen-bond donors (Lipinski definition) is 1. The Bertz CT molecular complexity index is 856. The van der Waals surface area contributed by atoms with Gasteiger partial charge in [0.05, 0.1) is 6.10 Å². The van der Waals surface area contributed by atoms with Crippen LogP contribution in [0.2, 0.25) is 0 Å². The lowest BCUT2D eigenvalue weighted by atomic mass is 9.91. The number of aryl methyl sites for hydroxylation is 1. The lowest BCUT2D eigenvalue weighted by molar-refractivity contribution is -0.192. The third kappa shape index (κ3) is 5.76. The van der Waals surface area contributed by atoms with Crippen LogP contribution in [0, 0.1) is 18.7 Å². The maximum atomic E-state index is 13.0. The number of carbonyl (C=O) groups is 1. The van der Waals surface area contributed by atoms with Crippen LogP contribution in [0.3, 0.4) is 0 Å². The maximum absolute atomic E-state index is 13.0. The van der Waals surface area contributed by atoms with Gasteiger partial charge in [-0.2, -0.15) is 18.2 Å². The molecule has 0 unspecified atom stereocenters. The summed E-state index contributed by atoms with van der Waals surface area (Å²) >= 11 is 0. The Kier molecular flexibility index (Phi) is 6.71. The number of piperidine rings is 1. The summed E-state index contributed by atoms with van der Waals surface area (Å²) in [4.78, 5) is 15.6. The molecular weight excluding hydrogens is 410 g/mol. The van der Waals surface area contributed by atoms with Gasteiger partial charge in [-0.1, -0.05) is 17.3 Å². The van der Waals surface area contributed by atoms with E-state index in [1.54, 1.807) is 0 Å². The molecule has 2 saturated heterocycles. The Morgan fingerprint density at radius 3 is 2.53 bits per heavy atom. The summed E-state index contributed by atoms with van der Waals surface area (Å²) in [6.45, 7) is 4.58. The van der Waals surface area contributed by atoms with Gasteiger partial charge in [0.1, 0.15) is 11.9 Å². The molecule has 0 amide bonds. The van der Waals surface area contributed by atoms with E-state index < -0.39 is 12.1 Å². The Labute approximate surface area is 169 Å². The van der Waals surface area contributed by atoms with E-state index in [1.165, 1.54) is 12.1 Å². The maximum Gasteiger partial charge on any atom is 0.490 e. The summed E-state index contributed by atoms with van der Waals surface area (Å²) in [7, 11) is 0. The number of fused-ring (bicyclic) bond motifs is 1. The first-order chi connectivity index (χ1) is 14.1. The minimum atomic E-state index is -5.08. The lowest BCUT2D eigenvalue weighted by Gasteiger charge is -2.34. The second-order valence-electron chi connectivity index (χ2n) is 7.29. The van der Waals surface area contributed by atoms with Crippen molar-refractivity contribution in [1.82, 2.24) is 15.0 Å². The van der Waals surface area contributed by atoms with Crippen molar-refractivity contribution in [2.45, 2.75) is 44.7 Å². The highest BCUT2D eigenvalue weighted by molar-refractivity contribution is 5.73. The average molecular weight is 431 g/mol. The van der Waals surface area contributed by atoms with Crippen LogP contribution in [-0.2, 0) is 16.1 Å². The number of carboxylic acid groups (broad SMARTS) is 1. The van der Waals surface area contributed by atoms with Crippen LogP contribution < -0.4 is 0 Å². The number of halogens is 4. The van der Waals surface area contributed by atoms with Gasteiger partial charge in [0.15, 0.2) is 5.82 Å². The molecule has 1 N–H and O–H groups in total. The van der Waals surface area contributed by atoms with Crippen LogP contribution in [0.25, 0.3) is 0 Å². The zero-order valence-corrected chi connectivity index (χ0v) is 16.1. The number of aliphatic carboxylic acids is 1. The van der Waals surface area contributed by atoms with E-state index in [-0.39, 0.29) is 18.0 Å². The molecule has 2 aliphatic rings. The van der Waals surface area contributed by atoms with E-state index in [1.807, 2.05) is 19.1 Å². The van der Waals surface area contributed by atoms with Crippen molar-refractivity contribution in [3.05, 3.63) is 47.4 Å². The first-order valence-electron chi connectivity index (χ1n) is 9.34. The van der Waals surface area contributed by atoms with Crippen molar-refractivity contribution < 1.29 is 36.7 Å². The van der Waals surface area contributed by atoms with Crippen LogP contribution in [0.1, 0.15) is 36.2 Å². The number of nitrogens with zero attached hydrogens (tertiary/aromatic N) is 3. The highest BCUT2D eigenvalue weighted by atomic mass is 19.4. The van der Waals surface area contributed by atoms with E-state index in [2.05, 4.69) is 15.0 Å². The Hall–Kier alpha value is -2.53. The zero-order valence-electron chi connectivity index (χ0n) is 16.1. The zero-order chi connectivity index (χ0) is 21.9. The van der Waals surface area contributed by atoms with Crippen LogP contribution in [0.4, 0.5) is 17.6 Å². The van der Waals surface area contributed by atoms with Gasteiger partial charge in [0.2, 0.25) is 0 Å². The highest BCUT2D eigenvalue weighted by Gasteiger charge is 2.41. The minimum absolute atomic E-state index is 0.0722. The molecule has 2 aliphatic heterocycles. The molecule has 0 aliphatic carbocycles. The first kappa shape index (κ1) is 22.2. The third-order valence-corrected chi connectivity index (χ3v) is 5.02. The van der Waals surface area contributed by atoms with E-state index in [9.17, 15) is 17.6 Å². The number of hydrogen-bond acceptors (Lipinski definition) is 6. The lowest BCUT2D eigenvalue weighted by Crippen LogP contribution is -2.41. The molecule has 0 saturated carbocycles. The highest BCUT2D eigenvalue weighted by Crippen LogP contribution is 2.40. The van der Waals surface area contributed by atoms with E-state index >= 15 is 0 Å². The van der Waals surface area contributed by atoms with Crippen LogP contribution in [0.5, 0.6) is 0 Å². The summed E-state index contributed by atoms with van der Waals surface area (Å²) in [5, 5.41) is 11.0. The van der Waals surface area contributed by atoms with Gasteiger partial charge in [0, 0.05) is 13.1 Å². The molecule has 11 heteroatoms. The Morgan fingerprint density at radius 2 is 1.97 bits per heavy atom. The van der Waals surface area contributed by atoms with Gasteiger partial charge >= 0.3 is 12.1 Å². The Balaban J connectivity index is 0.000000318. The van der Waals surface area contributed by atoms with Gasteiger partial charge < -0.3 is 14.4 Å². The van der Waals surface area contributed by atoms with Crippen LogP contribution in [0.15, 0.2) is 28.8 Å². The molecule has 30 heavy (non-hydrogen) atoms. The van der Waals surface area contributed by atoms with Crippen LogP contribution in [-0.4, -0.2) is 51.5 Å². The summed E-state index contributed by atoms with van der Waals surface area (Å²) in [5.74, 6) is -1.15. The number of rotatable bonds is 3. The number of ether oxygens (including phenoxy) is 1. The van der Waals surface area contributed by atoms with Gasteiger partial charge in [-0.15, -0.1) is 0 Å². The number of alkyl halides is 3. The predicted molar refractivity (Wildman–Crippen MR) is 94.7 cm³/mol. The number of benzene rings is 1. The molecule has 1 aromatic heterocycles. The fraction of sp³-hybridized carbons (Fsp3) is 0.526. The smallest absolute Gasteiger partial charge is 0.475 e. The molecule has 0 spiro atoms. The molecular formula is C19H21F4N3O4. The molecule has 0 bridgehead atoms. The van der Waals surface area contributed by atoms with Gasteiger partial charge in [-0.25, -0.2) is 9.18 Å². The average Bonchev–Trinajstić information content (AvgIpc) is 3.29. The van der Waals surface area contributed by atoms with Crippen molar-refractivity contribution in [1.29, 1.82) is 0 Å². The standard InChI is InChI=1S/C17H20FN3O2.C2HF3O2/c1-11-19-17(23-20-11)15-8-13-6-7-21(10-16(13)22-15)9-12-2-4-14(18)5-3-12;3-2(4,5)1(6)7/h2-5,13,15-16H,6-10H2,1H3;(H,6,7)/t13-,15+,16+;/m0./s1. The topological polar surface area (TPSA) is 88.7 Å². The summed E-state index contributed by atoms with van der Waals surface area (Å²) in [6.07, 6.45) is -2.88. The summed E-state index contributed by atoms with van der Waals surface area (Å²) < 4.78 is 56.1. The van der Waals surface area contributed by atoms with Crippen molar-refractivity contribution in [2.24, 2.45) is 5.92 Å². The van der Waals surface area contributed by atoms with Gasteiger partial charge in [0.25, 0.3) is 5.89 Å². The molecule has 7 nitrogen and oxygen atoms in total. The van der Waals surface area contributed by atoms with Crippen molar-refractivity contribution in [3.8, 4) is 0 Å². The predicted octanol–water partition coefficient (Wildman–Crippen LogP) is 3.50. The van der Waals surface area contributed by atoms with Gasteiger partial charge in [-0.05, 0) is 49.9 Å². The molecule has 4 rings (SSSR count). The number of aromatic nitrogens is 2. The number of likely N-dealkylation sites (tertiary alicyclic amines) is 1. The fourth-order valence-corrected chi connectivity index (χ4v) is 3.59. The largest absolute Gasteiger partial charge is 0.490 e. The van der Waals surface area contributed by atoms with Crippen LogP contribution >= 0.6 is 0 Å². The summed E-state index contributed by atoms with van der Waals surface area (Å²) in [6, 6.07) is 6.73. The third-order valence-electron chi connectivity index (χ3n) is 5.02. The number of carboxylic acids is 1. The quantitative estimate of drug-likeness (QED) is 0.744. The fourth-order valence-electron chi connectivity index (χ4n) is 3.59. The molecule has 0 radical (unpaired) electrons. The van der Waals surface area contributed by atoms with E-state index in [0.717, 1.165) is 38.0 Å². The molecule has 3 atom stereocenters. The minimum Gasteiger partial charge on any atom is -0.475 e. The Morgan fingerprint density at radius 1 is 1.30 bits per heavy atom. The van der Waals surface area contributed by atoms with Crippen molar-refractivity contribution in [2.75, 3.05) is 13.1 Å². The second-order valence-corrected chi connectivity index (χ2v) is 7.29. The first-order valence-corrected chi connectivity index (χ1v) is 9.34. The van der Waals surface area contributed by atoms with E-state index in [0.29, 0.717) is 17.6 Å². The molecule has 2 aromatic rings. The second kappa shape index (κ2) is 9.09. The van der Waals surface area contributed by atoms with Crippen molar-refractivity contribution in [3.63, 3.8) is 0 Å². The molecule has 2 fully saturated rings. The van der Waals surface area contributed by atoms with Gasteiger partial charge in [-0.3, -0.25) is 4.90 Å². The molecule has 1 aromatic carbocycles. The molecule has 3 heterocycles. The van der Waals surface area contributed by atoms with Crippen molar-refractivity contribution >= 4 is 5.97 Å². The normalized spacial score (nSPS) is 24.1. The SMILES string of the molecule is Cc1noc([C@H]2C[C@@H]3CCN(Cc4ccc(F)cc4)C[C@H]3O2)n1.O=C(O)C(F)(F)F.